The third-order valence-corrected chi connectivity index (χ3v) is 3.92. The molecule has 0 amide bonds. The van der Waals surface area contributed by atoms with Crippen molar-refractivity contribution in [2.24, 2.45) is 0 Å². The zero-order chi connectivity index (χ0) is 15.5. The minimum atomic E-state index is -0.222. The first-order chi connectivity index (χ1) is 10.7. The van der Waals surface area contributed by atoms with Crippen molar-refractivity contribution in [3.63, 3.8) is 0 Å². The van der Waals surface area contributed by atoms with Gasteiger partial charge in [0.1, 0.15) is 5.82 Å². The molecule has 22 heavy (non-hydrogen) atoms. The van der Waals surface area contributed by atoms with Crippen molar-refractivity contribution in [1.82, 2.24) is 9.97 Å². The average Bonchev–Trinajstić information content (AvgIpc) is 2.55. The Morgan fingerprint density at radius 1 is 1.14 bits per heavy atom. The summed E-state index contributed by atoms with van der Waals surface area (Å²) in [5, 5.41) is 0. The number of aryl methyl sites for hydroxylation is 1. The molecule has 0 spiro atoms. The summed E-state index contributed by atoms with van der Waals surface area (Å²) in [6.07, 6.45) is 0.743. The van der Waals surface area contributed by atoms with Crippen LogP contribution >= 0.6 is 0 Å². The number of piperazine rings is 1. The first-order valence-corrected chi connectivity index (χ1v) is 7.51. The monoisotopic (exact) mass is 302 g/mol. The van der Waals surface area contributed by atoms with Crippen LogP contribution in [0.15, 0.2) is 35.1 Å². The fourth-order valence-electron chi connectivity index (χ4n) is 2.65. The van der Waals surface area contributed by atoms with Gasteiger partial charge in [-0.25, -0.2) is 9.37 Å². The molecule has 1 aliphatic heterocycles. The van der Waals surface area contributed by atoms with E-state index in [0.717, 1.165) is 44.0 Å². The van der Waals surface area contributed by atoms with Crippen molar-refractivity contribution >= 4 is 11.6 Å². The Bertz CT molecular complexity index is 690. The molecule has 0 bridgehead atoms. The van der Waals surface area contributed by atoms with Gasteiger partial charge in [0.15, 0.2) is 0 Å². The van der Waals surface area contributed by atoms with E-state index >= 15 is 0 Å². The number of nitrogens with zero attached hydrogens (tertiary/aromatic N) is 3. The number of hydrogen-bond acceptors (Lipinski definition) is 4. The molecule has 2 aromatic rings. The molecule has 0 atom stereocenters. The third-order valence-electron chi connectivity index (χ3n) is 3.92. The molecule has 1 fully saturated rings. The summed E-state index contributed by atoms with van der Waals surface area (Å²) in [5.74, 6) is 0.420. The Labute approximate surface area is 128 Å². The van der Waals surface area contributed by atoms with Gasteiger partial charge in [-0.1, -0.05) is 6.92 Å². The molecule has 3 rings (SSSR count). The van der Waals surface area contributed by atoms with Crippen LogP contribution in [0.4, 0.5) is 16.0 Å². The van der Waals surface area contributed by atoms with E-state index in [0.29, 0.717) is 5.95 Å². The minimum Gasteiger partial charge on any atom is -0.368 e. The van der Waals surface area contributed by atoms with E-state index in [4.69, 9.17) is 0 Å². The molecular formula is C16H19FN4O. The predicted octanol–water partition coefficient (Wildman–Crippen LogP) is 1.80. The predicted molar refractivity (Wildman–Crippen MR) is 85.1 cm³/mol. The summed E-state index contributed by atoms with van der Waals surface area (Å²) < 4.78 is 13.0. The number of H-pyrrole nitrogens is 1. The van der Waals surface area contributed by atoms with Crippen LogP contribution in [0.5, 0.6) is 0 Å². The number of anilines is 2. The standard InChI is InChI=1S/C16H19FN4O/c1-2-13-11-15(22)19-16(18-13)21-9-7-20(8-10-21)14-5-3-12(17)4-6-14/h3-6,11H,2,7-10H2,1H3,(H,18,19,22). The van der Waals surface area contributed by atoms with Gasteiger partial charge < -0.3 is 9.80 Å². The first kappa shape index (κ1) is 14.6. The van der Waals surface area contributed by atoms with Gasteiger partial charge in [-0.05, 0) is 30.7 Å². The third kappa shape index (κ3) is 3.10. The summed E-state index contributed by atoms with van der Waals surface area (Å²) in [4.78, 5) is 23.2. The second-order valence-corrected chi connectivity index (χ2v) is 5.36. The Morgan fingerprint density at radius 2 is 1.77 bits per heavy atom. The second kappa shape index (κ2) is 6.17. The Hall–Kier alpha value is -2.37. The number of aromatic amines is 1. The maximum atomic E-state index is 13.0. The van der Waals surface area contributed by atoms with Crippen LogP contribution in [0.2, 0.25) is 0 Å². The average molecular weight is 302 g/mol. The van der Waals surface area contributed by atoms with Gasteiger partial charge in [0, 0.05) is 43.6 Å². The molecule has 1 aromatic heterocycles. The highest BCUT2D eigenvalue weighted by Crippen LogP contribution is 2.18. The van der Waals surface area contributed by atoms with Gasteiger partial charge in [-0.3, -0.25) is 9.78 Å². The Morgan fingerprint density at radius 3 is 2.41 bits per heavy atom. The molecule has 0 saturated carbocycles. The van der Waals surface area contributed by atoms with Crippen LogP contribution in [0.25, 0.3) is 0 Å². The van der Waals surface area contributed by atoms with Crippen molar-refractivity contribution in [2.45, 2.75) is 13.3 Å². The lowest BCUT2D eigenvalue weighted by Gasteiger charge is -2.36. The number of nitrogens with one attached hydrogen (secondary N) is 1. The molecule has 1 aromatic carbocycles. The number of hydrogen-bond donors (Lipinski definition) is 1. The highest BCUT2D eigenvalue weighted by atomic mass is 19.1. The smallest absolute Gasteiger partial charge is 0.252 e. The maximum absolute atomic E-state index is 13.0. The number of aromatic nitrogens is 2. The lowest BCUT2D eigenvalue weighted by atomic mass is 10.2. The summed E-state index contributed by atoms with van der Waals surface area (Å²) in [5.41, 5.74) is 1.72. The molecule has 2 heterocycles. The molecule has 6 heteroatoms. The van der Waals surface area contributed by atoms with Gasteiger partial charge in [-0.2, -0.15) is 0 Å². The second-order valence-electron chi connectivity index (χ2n) is 5.36. The van der Waals surface area contributed by atoms with E-state index in [1.54, 1.807) is 12.1 Å². The quantitative estimate of drug-likeness (QED) is 0.939. The summed E-state index contributed by atoms with van der Waals surface area (Å²) in [7, 11) is 0. The van der Waals surface area contributed by atoms with Crippen LogP contribution < -0.4 is 15.4 Å². The van der Waals surface area contributed by atoms with Gasteiger partial charge >= 0.3 is 0 Å². The van der Waals surface area contributed by atoms with Crippen molar-refractivity contribution < 1.29 is 4.39 Å². The SMILES string of the molecule is CCc1cc(=O)[nH]c(N2CCN(c3ccc(F)cc3)CC2)n1. The first-order valence-electron chi connectivity index (χ1n) is 7.51. The molecule has 0 unspecified atom stereocenters. The number of rotatable bonds is 3. The fourth-order valence-corrected chi connectivity index (χ4v) is 2.65. The zero-order valence-electron chi connectivity index (χ0n) is 12.6. The van der Waals surface area contributed by atoms with E-state index in [2.05, 4.69) is 19.8 Å². The maximum Gasteiger partial charge on any atom is 0.252 e. The molecule has 1 aliphatic rings. The van der Waals surface area contributed by atoms with Crippen molar-refractivity contribution in [3.8, 4) is 0 Å². The summed E-state index contributed by atoms with van der Waals surface area (Å²) >= 11 is 0. The molecule has 116 valence electrons. The van der Waals surface area contributed by atoms with Crippen molar-refractivity contribution in [1.29, 1.82) is 0 Å². The summed E-state index contributed by atoms with van der Waals surface area (Å²) in [6, 6.07) is 8.08. The topological polar surface area (TPSA) is 52.2 Å². The van der Waals surface area contributed by atoms with Gasteiger partial charge in [-0.15, -0.1) is 0 Å². The lowest BCUT2D eigenvalue weighted by molar-refractivity contribution is 0.622. The fraction of sp³-hybridized carbons (Fsp3) is 0.375. The van der Waals surface area contributed by atoms with E-state index in [-0.39, 0.29) is 11.4 Å². The van der Waals surface area contributed by atoms with Crippen LogP contribution in [0.3, 0.4) is 0 Å². The highest BCUT2D eigenvalue weighted by Gasteiger charge is 2.19. The number of halogens is 1. The van der Waals surface area contributed by atoms with Crippen LogP contribution in [-0.4, -0.2) is 36.1 Å². The van der Waals surface area contributed by atoms with Gasteiger partial charge in [0.25, 0.3) is 5.56 Å². The van der Waals surface area contributed by atoms with Gasteiger partial charge in [0.2, 0.25) is 5.95 Å². The Kier molecular flexibility index (Phi) is 4.09. The van der Waals surface area contributed by atoms with E-state index in [9.17, 15) is 9.18 Å². The lowest BCUT2D eigenvalue weighted by Crippen LogP contribution is -2.47. The zero-order valence-corrected chi connectivity index (χ0v) is 12.6. The van der Waals surface area contributed by atoms with E-state index < -0.39 is 0 Å². The van der Waals surface area contributed by atoms with E-state index in [1.807, 2.05) is 6.92 Å². The minimum absolute atomic E-state index is 0.109. The normalized spacial score (nSPS) is 15.2. The van der Waals surface area contributed by atoms with Crippen molar-refractivity contribution in [3.05, 3.63) is 52.2 Å². The largest absolute Gasteiger partial charge is 0.368 e. The van der Waals surface area contributed by atoms with Crippen molar-refractivity contribution in [2.75, 3.05) is 36.0 Å². The van der Waals surface area contributed by atoms with Gasteiger partial charge in [0.05, 0.1) is 0 Å². The highest BCUT2D eigenvalue weighted by molar-refractivity contribution is 5.48. The van der Waals surface area contributed by atoms with Crippen LogP contribution in [0.1, 0.15) is 12.6 Å². The molecule has 5 nitrogen and oxygen atoms in total. The molecule has 0 aliphatic carbocycles. The molecule has 1 saturated heterocycles. The molecule has 0 radical (unpaired) electrons. The summed E-state index contributed by atoms with van der Waals surface area (Å²) in [6.45, 7) is 5.15. The molecular weight excluding hydrogens is 283 g/mol. The van der Waals surface area contributed by atoms with Crippen LogP contribution in [0, 0.1) is 5.82 Å². The Balaban J connectivity index is 1.70. The number of benzene rings is 1. The van der Waals surface area contributed by atoms with E-state index in [1.165, 1.54) is 18.2 Å². The molecule has 1 N–H and O–H groups in total. The van der Waals surface area contributed by atoms with Crippen LogP contribution in [-0.2, 0) is 6.42 Å².